The molecule has 2 rings (SSSR count). The average molecular weight is 295 g/mol. The Morgan fingerprint density at radius 2 is 2.15 bits per heavy atom. The molecule has 20 heavy (non-hydrogen) atoms. The predicted molar refractivity (Wildman–Crippen MR) is 80.2 cm³/mol. The van der Waals surface area contributed by atoms with E-state index in [-0.39, 0.29) is 5.92 Å². The van der Waals surface area contributed by atoms with Gasteiger partial charge in [-0.1, -0.05) is 32.4 Å². The molecular formula is C15H19ClN2O2. The molecule has 2 unspecified atom stereocenters. The Labute approximate surface area is 123 Å². The number of carboxylic acid groups (broad SMARTS) is 1. The van der Waals surface area contributed by atoms with Gasteiger partial charge >= 0.3 is 5.97 Å². The largest absolute Gasteiger partial charge is 0.481 e. The van der Waals surface area contributed by atoms with Gasteiger partial charge in [0, 0.05) is 17.5 Å². The average Bonchev–Trinajstić information content (AvgIpc) is 2.75. The summed E-state index contributed by atoms with van der Waals surface area (Å²) < 4.78 is 2.11. The van der Waals surface area contributed by atoms with Gasteiger partial charge in [0.15, 0.2) is 0 Å². The highest BCUT2D eigenvalue weighted by molar-refractivity contribution is 6.31. The number of imidazole rings is 1. The van der Waals surface area contributed by atoms with E-state index in [9.17, 15) is 9.90 Å². The number of aliphatic carboxylic acids is 1. The summed E-state index contributed by atoms with van der Waals surface area (Å²) in [4.78, 5) is 15.8. The van der Waals surface area contributed by atoms with Gasteiger partial charge in [-0.05, 0) is 24.6 Å². The second kappa shape index (κ2) is 5.83. The summed E-state index contributed by atoms with van der Waals surface area (Å²) in [5.41, 5.74) is 1.83. The van der Waals surface area contributed by atoms with Crippen molar-refractivity contribution in [3.8, 4) is 0 Å². The molecular weight excluding hydrogens is 276 g/mol. The van der Waals surface area contributed by atoms with E-state index in [1.54, 1.807) is 6.92 Å². The first kappa shape index (κ1) is 14.9. The maximum absolute atomic E-state index is 11.2. The van der Waals surface area contributed by atoms with Crippen LogP contribution in [0.4, 0.5) is 0 Å². The lowest BCUT2D eigenvalue weighted by Crippen LogP contribution is -2.20. The summed E-state index contributed by atoms with van der Waals surface area (Å²) in [5, 5.41) is 9.84. The zero-order valence-electron chi connectivity index (χ0n) is 11.9. The number of carboxylic acids is 1. The van der Waals surface area contributed by atoms with Gasteiger partial charge in [-0.25, -0.2) is 4.98 Å². The molecule has 1 heterocycles. The standard InChI is InChI=1S/C15H19ClN2O2/c1-4-7-18-13-6-5-11(16)8-12(13)17-14(18)9(2)10(3)15(19)20/h5-6,8-10H,4,7H2,1-3H3,(H,19,20). The van der Waals surface area contributed by atoms with Gasteiger partial charge in [0.2, 0.25) is 0 Å². The van der Waals surface area contributed by atoms with Gasteiger partial charge in [-0.2, -0.15) is 0 Å². The molecule has 0 aliphatic rings. The Balaban J connectivity index is 2.56. The number of hydrogen-bond donors (Lipinski definition) is 1. The molecule has 2 aromatic rings. The van der Waals surface area contributed by atoms with E-state index in [0.717, 1.165) is 29.8 Å². The summed E-state index contributed by atoms with van der Waals surface area (Å²) in [6, 6.07) is 5.61. The summed E-state index contributed by atoms with van der Waals surface area (Å²) in [5.74, 6) is -0.604. The monoisotopic (exact) mass is 294 g/mol. The molecule has 0 bridgehead atoms. The van der Waals surface area contributed by atoms with E-state index in [4.69, 9.17) is 11.6 Å². The number of nitrogens with zero attached hydrogens (tertiary/aromatic N) is 2. The molecule has 0 amide bonds. The lowest BCUT2D eigenvalue weighted by molar-refractivity contribution is -0.141. The van der Waals surface area contributed by atoms with Crippen molar-refractivity contribution >= 4 is 28.6 Å². The quantitative estimate of drug-likeness (QED) is 0.909. The Morgan fingerprint density at radius 3 is 2.75 bits per heavy atom. The molecule has 1 aromatic heterocycles. The van der Waals surface area contributed by atoms with E-state index in [0.29, 0.717) is 5.02 Å². The van der Waals surface area contributed by atoms with Crippen molar-refractivity contribution < 1.29 is 9.90 Å². The van der Waals surface area contributed by atoms with Crippen molar-refractivity contribution in [3.63, 3.8) is 0 Å². The van der Waals surface area contributed by atoms with Gasteiger partial charge < -0.3 is 9.67 Å². The molecule has 0 saturated heterocycles. The fraction of sp³-hybridized carbons (Fsp3) is 0.467. The molecule has 1 aromatic carbocycles. The van der Waals surface area contributed by atoms with Gasteiger partial charge in [-0.15, -0.1) is 0 Å². The Kier molecular flexibility index (Phi) is 4.33. The summed E-state index contributed by atoms with van der Waals surface area (Å²) in [7, 11) is 0. The van der Waals surface area contributed by atoms with E-state index in [2.05, 4.69) is 16.5 Å². The van der Waals surface area contributed by atoms with Crippen molar-refractivity contribution in [2.45, 2.75) is 39.7 Å². The minimum absolute atomic E-state index is 0.148. The third-order valence-corrected chi connectivity index (χ3v) is 3.97. The van der Waals surface area contributed by atoms with Crippen LogP contribution < -0.4 is 0 Å². The molecule has 5 heteroatoms. The SMILES string of the molecule is CCCn1c(C(C)C(C)C(=O)O)nc2cc(Cl)ccc21. The normalized spacial score (nSPS) is 14.4. The second-order valence-corrected chi connectivity index (χ2v) is 5.61. The molecule has 0 saturated carbocycles. The number of aromatic nitrogens is 2. The minimum Gasteiger partial charge on any atom is -0.481 e. The van der Waals surface area contributed by atoms with Crippen LogP contribution in [0.3, 0.4) is 0 Å². The fourth-order valence-electron chi connectivity index (χ4n) is 2.37. The summed E-state index contributed by atoms with van der Waals surface area (Å²) in [6.07, 6.45) is 0.968. The van der Waals surface area contributed by atoms with Gasteiger partial charge in [0.05, 0.1) is 17.0 Å². The predicted octanol–water partition coefficient (Wildman–Crippen LogP) is 3.92. The number of fused-ring (bicyclic) bond motifs is 1. The van der Waals surface area contributed by atoms with E-state index < -0.39 is 11.9 Å². The number of carbonyl (C=O) groups is 1. The molecule has 0 fully saturated rings. The molecule has 0 aliphatic carbocycles. The van der Waals surface area contributed by atoms with E-state index in [1.165, 1.54) is 0 Å². The van der Waals surface area contributed by atoms with Gasteiger partial charge in [-0.3, -0.25) is 4.79 Å². The molecule has 0 aliphatic heterocycles. The lowest BCUT2D eigenvalue weighted by Gasteiger charge is -2.17. The lowest BCUT2D eigenvalue weighted by atomic mass is 9.95. The van der Waals surface area contributed by atoms with Crippen molar-refractivity contribution in [3.05, 3.63) is 29.0 Å². The first-order valence-electron chi connectivity index (χ1n) is 6.84. The highest BCUT2D eigenvalue weighted by Gasteiger charge is 2.26. The van der Waals surface area contributed by atoms with Crippen LogP contribution in [-0.4, -0.2) is 20.6 Å². The maximum atomic E-state index is 11.2. The van der Waals surface area contributed by atoms with Crippen LogP contribution in [0.2, 0.25) is 5.02 Å². The van der Waals surface area contributed by atoms with Gasteiger partial charge in [0.1, 0.15) is 5.82 Å². The number of halogens is 1. The first-order valence-corrected chi connectivity index (χ1v) is 7.22. The zero-order chi connectivity index (χ0) is 14.9. The maximum Gasteiger partial charge on any atom is 0.306 e. The fourth-order valence-corrected chi connectivity index (χ4v) is 2.53. The Bertz CT molecular complexity index is 636. The third-order valence-electron chi connectivity index (χ3n) is 3.73. The molecule has 0 spiro atoms. The van der Waals surface area contributed by atoms with Crippen LogP contribution in [0.15, 0.2) is 18.2 Å². The number of rotatable bonds is 5. The molecule has 4 nitrogen and oxygen atoms in total. The van der Waals surface area contributed by atoms with E-state index in [1.807, 2.05) is 25.1 Å². The van der Waals surface area contributed by atoms with Crippen LogP contribution in [-0.2, 0) is 11.3 Å². The van der Waals surface area contributed by atoms with Gasteiger partial charge in [0.25, 0.3) is 0 Å². The summed E-state index contributed by atoms with van der Waals surface area (Å²) >= 11 is 6.01. The third kappa shape index (κ3) is 2.66. The Morgan fingerprint density at radius 1 is 1.45 bits per heavy atom. The van der Waals surface area contributed by atoms with Crippen molar-refractivity contribution in [2.75, 3.05) is 0 Å². The second-order valence-electron chi connectivity index (χ2n) is 5.17. The van der Waals surface area contributed by atoms with Crippen LogP contribution in [0.1, 0.15) is 38.9 Å². The van der Waals surface area contributed by atoms with Crippen LogP contribution >= 0.6 is 11.6 Å². The highest BCUT2D eigenvalue weighted by atomic mass is 35.5. The number of benzene rings is 1. The minimum atomic E-state index is -0.800. The van der Waals surface area contributed by atoms with Crippen LogP contribution in [0, 0.1) is 5.92 Å². The summed E-state index contributed by atoms with van der Waals surface area (Å²) in [6.45, 7) is 6.55. The zero-order valence-corrected chi connectivity index (χ0v) is 12.7. The topological polar surface area (TPSA) is 55.1 Å². The van der Waals surface area contributed by atoms with E-state index >= 15 is 0 Å². The molecule has 2 atom stereocenters. The van der Waals surface area contributed by atoms with Crippen LogP contribution in [0.25, 0.3) is 11.0 Å². The van der Waals surface area contributed by atoms with Crippen molar-refractivity contribution in [1.82, 2.24) is 9.55 Å². The first-order chi connectivity index (χ1) is 9.45. The smallest absolute Gasteiger partial charge is 0.306 e. The molecule has 1 N–H and O–H groups in total. The highest BCUT2D eigenvalue weighted by Crippen LogP contribution is 2.29. The number of aryl methyl sites for hydroxylation is 1. The molecule has 0 radical (unpaired) electrons. The van der Waals surface area contributed by atoms with Crippen molar-refractivity contribution in [2.24, 2.45) is 5.92 Å². The Hall–Kier alpha value is -1.55. The number of hydrogen-bond acceptors (Lipinski definition) is 2. The van der Waals surface area contributed by atoms with Crippen molar-refractivity contribution in [1.29, 1.82) is 0 Å². The van der Waals surface area contributed by atoms with Crippen LogP contribution in [0.5, 0.6) is 0 Å². The molecule has 108 valence electrons.